The Hall–Kier alpha value is -2.86. The zero-order chi connectivity index (χ0) is 17.2. The number of carbonyl (C=O) groups is 1. The second kappa shape index (κ2) is 6.57. The Morgan fingerprint density at radius 1 is 1.12 bits per heavy atom. The van der Waals surface area contributed by atoms with Gasteiger partial charge in [-0.1, -0.05) is 18.2 Å². The van der Waals surface area contributed by atoms with Gasteiger partial charge >= 0.3 is 0 Å². The maximum absolute atomic E-state index is 13.0. The fraction of sp³-hybridized carbons (Fsp3) is 0.263. The van der Waals surface area contributed by atoms with Crippen LogP contribution < -0.4 is 4.74 Å². The number of pyridine rings is 1. The molecule has 0 unspecified atom stereocenters. The highest BCUT2D eigenvalue weighted by atomic mass is 16.5. The summed E-state index contributed by atoms with van der Waals surface area (Å²) in [5.41, 5.74) is 2.49. The van der Waals surface area contributed by atoms with Gasteiger partial charge in [0.1, 0.15) is 11.4 Å². The van der Waals surface area contributed by atoms with Gasteiger partial charge in [0.05, 0.1) is 25.8 Å². The maximum Gasteiger partial charge on any atom is 0.290 e. The summed E-state index contributed by atoms with van der Waals surface area (Å²) < 4.78 is 12.7. The minimum absolute atomic E-state index is 0.0781. The van der Waals surface area contributed by atoms with Gasteiger partial charge in [0.2, 0.25) is 5.82 Å². The van der Waals surface area contributed by atoms with Gasteiger partial charge in [0.25, 0.3) is 5.91 Å². The Kier molecular flexibility index (Phi) is 4.11. The van der Waals surface area contributed by atoms with Gasteiger partial charge in [0.15, 0.2) is 0 Å². The summed E-state index contributed by atoms with van der Waals surface area (Å²) in [4.78, 5) is 19.5. The third-order valence-electron chi connectivity index (χ3n) is 4.40. The lowest BCUT2D eigenvalue weighted by molar-refractivity contribution is 0.0294. The Bertz CT molecular complexity index is 913. The summed E-state index contributed by atoms with van der Waals surface area (Å²) in [6, 6.07) is 13.5. The first-order valence-corrected chi connectivity index (χ1v) is 8.27. The quantitative estimate of drug-likeness (QED) is 0.737. The Balaban J connectivity index is 1.85. The van der Waals surface area contributed by atoms with Crippen molar-refractivity contribution in [3.8, 4) is 17.0 Å². The summed E-state index contributed by atoms with van der Waals surface area (Å²) in [5, 5.41) is 0. The molecule has 1 aliphatic heterocycles. The van der Waals surface area contributed by atoms with Crippen molar-refractivity contribution in [1.82, 2.24) is 14.3 Å². The smallest absolute Gasteiger partial charge is 0.290 e. The van der Waals surface area contributed by atoms with E-state index in [1.165, 1.54) is 0 Å². The van der Waals surface area contributed by atoms with E-state index in [9.17, 15) is 4.79 Å². The Morgan fingerprint density at radius 3 is 2.68 bits per heavy atom. The van der Waals surface area contributed by atoms with E-state index in [0.29, 0.717) is 32.1 Å². The molecule has 0 spiro atoms. The van der Waals surface area contributed by atoms with Crippen LogP contribution in [0.1, 0.15) is 10.6 Å². The highest BCUT2D eigenvalue weighted by Crippen LogP contribution is 2.32. The van der Waals surface area contributed by atoms with Crippen LogP contribution in [0.25, 0.3) is 16.8 Å². The molecule has 3 heterocycles. The summed E-state index contributed by atoms with van der Waals surface area (Å²) in [6.07, 6.45) is 1.87. The van der Waals surface area contributed by atoms with Gasteiger partial charge in [-0.3, -0.25) is 9.20 Å². The van der Waals surface area contributed by atoms with Crippen LogP contribution in [-0.2, 0) is 4.74 Å². The van der Waals surface area contributed by atoms with Crippen LogP contribution in [0.3, 0.4) is 0 Å². The van der Waals surface area contributed by atoms with Gasteiger partial charge in [0, 0.05) is 24.8 Å². The number of fused-ring (bicyclic) bond motifs is 1. The first kappa shape index (κ1) is 15.7. The Labute approximate surface area is 145 Å². The summed E-state index contributed by atoms with van der Waals surface area (Å²) >= 11 is 0. The number of methoxy groups -OCH3 is 1. The number of nitrogens with zero attached hydrogens (tertiary/aromatic N) is 3. The van der Waals surface area contributed by atoms with Gasteiger partial charge < -0.3 is 14.4 Å². The number of aromatic nitrogens is 2. The minimum Gasteiger partial charge on any atom is -0.496 e. The van der Waals surface area contributed by atoms with Crippen molar-refractivity contribution in [2.75, 3.05) is 33.4 Å². The van der Waals surface area contributed by atoms with Crippen LogP contribution in [0.15, 0.2) is 48.7 Å². The van der Waals surface area contributed by atoms with Crippen LogP contribution in [0.5, 0.6) is 5.75 Å². The molecule has 0 aliphatic carbocycles. The number of para-hydroxylation sites is 1. The molecule has 0 radical (unpaired) electrons. The molecule has 6 nitrogen and oxygen atoms in total. The molecule has 1 amide bonds. The highest BCUT2D eigenvalue weighted by Gasteiger charge is 2.25. The molecule has 128 valence electrons. The average molecular weight is 337 g/mol. The lowest BCUT2D eigenvalue weighted by Crippen LogP contribution is -2.41. The third-order valence-corrected chi connectivity index (χ3v) is 4.40. The number of benzene rings is 1. The summed E-state index contributed by atoms with van der Waals surface area (Å²) in [5.74, 6) is 1.07. The van der Waals surface area contributed by atoms with Crippen molar-refractivity contribution in [1.29, 1.82) is 0 Å². The number of ether oxygens (including phenoxy) is 2. The van der Waals surface area contributed by atoms with Gasteiger partial charge in [-0.05, 0) is 24.3 Å². The molecule has 1 aromatic carbocycles. The van der Waals surface area contributed by atoms with Crippen molar-refractivity contribution in [3.63, 3.8) is 0 Å². The van der Waals surface area contributed by atoms with Crippen LogP contribution >= 0.6 is 0 Å². The SMILES string of the molecule is COc1ccccc1-c1nc(C(=O)N2CCOCC2)n2ccccc12. The second-order valence-corrected chi connectivity index (χ2v) is 5.84. The van der Waals surface area contributed by atoms with E-state index in [4.69, 9.17) is 14.5 Å². The lowest BCUT2D eigenvalue weighted by Gasteiger charge is -2.26. The fourth-order valence-electron chi connectivity index (χ4n) is 3.14. The van der Waals surface area contributed by atoms with Crippen LogP contribution in [0.2, 0.25) is 0 Å². The van der Waals surface area contributed by atoms with Crippen LogP contribution in [0.4, 0.5) is 0 Å². The first-order valence-electron chi connectivity index (χ1n) is 8.27. The molecule has 0 atom stereocenters. The number of morpholine rings is 1. The number of imidazole rings is 1. The van der Waals surface area contributed by atoms with E-state index in [2.05, 4.69) is 0 Å². The maximum atomic E-state index is 13.0. The zero-order valence-electron chi connectivity index (χ0n) is 14.0. The van der Waals surface area contributed by atoms with Crippen molar-refractivity contribution in [2.24, 2.45) is 0 Å². The summed E-state index contributed by atoms with van der Waals surface area (Å²) in [6.45, 7) is 2.30. The Morgan fingerprint density at radius 2 is 1.88 bits per heavy atom. The molecule has 6 heteroatoms. The predicted molar refractivity (Wildman–Crippen MR) is 93.9 cm³/mol. The second-order valence-electron chi connectivity index (χ2n) is 5.84. The molecular formula is C19H19N3O3. The molecule has 4 rings (SSSR count). The van der Waals surface area contributed by atoms with E-state index < -0.39 is 0 Å². The van der Waals surface area contributed by atoms with E-state index in [1.54, 1.807) is 12.0 Å². The molecule has 1 fully saturated rings. The van der Waals surface area contributed by atoms with Crippen molar-refractivity contribution >= 4 is 11.4 Å². The minimum atomic E-state index is -0.0781. The molecular weight excluding hydrogens is 318 g/mol. The van der Waals surface area contributed by atoms with Crippen molar-refractivity contribution < 1.29 is 14.3 Å². The van der Waals surface area contributed by atoms with Crippen LogP contribution in [0, 0.1) is 0 Å². The van der Waals surface area contributed by atoms with Gasteiger partial charge in [-0.15, -0.1) is 0 Å². The van der Waals surface area contributed by atoms with E-state index >= 15 is 0 Å². The monoisotopic (exact) mass is 337 g/mol. The van der Waals surface area contributed by atoms with Crippen molar-refractivity contribution in [3.05, 3.63) is 54.5 Å². The molecule has 0 bridgehead atoms. The number of hydrogen-bond acceptors (Lipinski definition) is 4. The van der Waals surface area contributed by atoms with E-state index in [0.717, 1.165) is 22.5 Å². The van der Waals surface area contributed by atoms with Crippen molar-refractivity contribution in [2.45, 2.75) is 0 Å². The number of carbonyl (C=O) groups excluding carboxylic acids is 1. The highest BCUT2D eigenvalue weighted by molar-refractivity contribution is 5.95. The molecule has 1 aliphatic rings. The average Bonchev–Trinajstić information content (AvgIpc) is 3.07. The van der Waals surface area contributed by atoms with E-state index in [-0.39, 0.29) is 5.91 Å². The molecule has 0 saturated carbocycles. The number of rotatable bonds is 3. The largest absolute Gasteiger partial charge is 0.496 e. The molecule has 3 aromatic rings. The van der Waals surface area contributed by atoms with Gasteiger partial charge in [-0.25, -0.2) is 4.98 Å². The topological polar surface area (TPSA) is 56.1 Å². The van der Waals surface area contributed by atoms with E-state index in [1.807, 2.05) is 53.1 Å². The van der Waals surface area contributed by atoms with Gasteiger partial charge in [-0.2, -0.15) is 0 Å². The molecule has 2 aromatic heterocycles. The normalized spacial score (nSPS) is 14.7. The zero-order valence-corrected chi connectivity index (χ0v) is 14.0. The fourth-order valence-corrected chi connectivity index (χ4v) is 3.14. The standard InChI is InChI=1S/C19H19N3O3/c1-24-16-8-3-2-6-14(16)17-15-7-4-5-9-22(15)18(20-17)19(23)21-10-12-25-13-11-21/h2-9H,10-13H2,1H3. The first-order chi connectivity index (χ1) is 12.3. The summed E-state index contributed by atoms with van der Waals surface area (Å²) in [7, 11) is 1.64. The number of hydrogen-bond donors (Lipinski definition) is 0. The van der Waals surface area contributed by atoms with Crippen LogP contribution in [-0.4, -0.2) is 53.6 Å². The molecule has 25 heavy (non-hydrogen) atoms. The molecule has 1 saturated heterocycles. The molecule has 0 N–H and O–H groups in total. The third kappa shape index (κ3) is 2.74. The number of amides is 1. The predicted octanol–water partition coefficient (Wildman–Crippen LogP) is 2.48. The lowest BCUT2D eigenvalue weighted by atomic mass is 10.1.